The summed E-state index contributed by atoms with van der Waals surface area (Å²) in [6.45, 7) is 8.59. The topological polar surface area (TPSA) is 24.5 Å². The van der Waals surface area contributed by atoms with E-state index in [-0.39, 0.29) is 17.7 Å². The lowest BCUT2D eigenvalue weighted by molar-refractivity contribution is 0.138. The SMILES string of the molecule is CNC(c1ccccc1OC(C)C)C(C)(C)N(C)C. The van der Waals surface area contributed by atoms with Crippen LogP contribution in [0, 0.1) is 0 Å². The van der Waals surface area contributed by atoms with Crippen LogP contribution in [0.15, 0.2) is 24.3 Å². The van der Waals surface area contributed by atoms with Crippen molar-refractivity contribution >= 4 is 0 Å². The number of rotatable bonds is 6. The Balaban J connectivity index is 3.18. The van der Waals surface area contributed by atoms with Gasteiger partial charge in [-0.25, -0.2) is 0 Å². The minimum atomic E-state index is -0.00874. The van der Waals surface area contributed by atoms with E-state index in [4.69, 9.17) is 4.74 Å². The molecule has 1 rings (SSSR count). The molecule has 0 aromatic heterocycles. The van der Waals surface area contributed by atoms with Crippen molar-refractivity contribution in [2.24, 2.45) is 0 Å². The van der Waals surface area contributed by atoms with Crippen molar-refractivity contribution in [1.29, 1.82) is 0 Å². The standard InChI is InChI=1S/C16H28N2O/c1-12(2)19-14-11-9-8-10-13(14)15(17-5)16(3,4)18(6)7/h8-12,15,17H,1-7H3. The summed E-state index contributed by atoms with van der Waals surface area (Å²) >= 11 is 0. The first-order valence-corrected chi connectivity index (χ1v) is 6.91. The van der Waals surface area contributed by atoms with E-state index in [1.807, 2.05) is 19.2 Å². The van der Waals surface area contributed by atoms with Gasteiger partial charge in [0.1, 0.15) is 5.75 Å². The van der Waals surface area contributed by atoms with Gasteiger partial charge in [-0.15, -0.1) is 0 Å². The van der Waals surface area contributed by atoms with E-state index in [1.54, 1.807) is 0 Å². The van der Waals surface area contributed by atoms with E-state index in [0.29, 0.717) is 0 Å². The second-order valence-electron chi connectivity index (χ2n) is 5.97. The summed E-state index contributed by atoms with van der Waals surface area (Å²) in [5, 5.41) is 3.43. The van der Waals surface area contributed by atoms with Crippen LogP contribution >= 0.6 is 0 Å². The molecule has 1 atom stereocenters. The second-order valence-corrected chi connectivity index (χ2v) is 5.97. The maximum Gasteiger partial charge on any atom is 0.124 e. The molecule has 0 heterocycles. The Labute approximate surface area is 118 Å². The van der Waals surface area contributed by atoms with Crippen LogP contribution in [-0.4, -0.2) is 37.7 Å². The normalized spacial score (nSPS) is 13.9. The number of hydrogen-bond donors (Lipinski definition) is 1. The predicted molar refractivity (Wildman–Crippen MR) is 81.8 cm³/mol. The average molecular weight is 264 g/mol. The summed E-state index contributed by atoms with van der Waals surface area (Å²) in [7, 11) is 6.22. The van der Waals surface area contributed by atoms with Gasteiger partial charge in [-0.05, 0) is 54.9 Å². The smallest absolute Gasteiger partial charge is 0.124 e. The molecule has 3 heteroatoms. The zero-order valence-corrected chi connectivity index (χ0v) is 13.3. The third-order valence-corrected chi connectivity index (χ3v) is 3.74. The molecule has 0 aliphatic heterocycles. The lowest BCUT2D eigenvalue weighted by Gasteiger charge is -2.41. The predicted octanol–water partition coefficient (Wildman–Crippen LogP) is 3.07. The summed E-state index contributed by atoms with van der Waals surface area (Å²) in [6.07, 6.45) is 0.182. The quantitative estimate of drug-likeness (QED) is 0.854. The highest BCUT2D eigenvalue weighted by Gasteiger charge is 2.33. The Hall–Kier alpha value is -1.06. The average Bonchev–Trinajstić information content (AvgIpc) is 2.31. The van der Waals surface area contributed by atoms with Crippen LogP contribution in [0.3, 0.4) is 0 Å². The molecule has 0 saturated carbocycles. The van der Waals surface area contributed by atoms with Gasteiger partial charge >= 0.3 is 0 Å². The Kier molecular flexibility index (Phi) is 5.39. The summed E-state index contributed by atoms with van der Waals surface area (Å²) in [4.78, 5) is 2.24. The molecule has 19 heavy (non-hydrogen) atoms. The highest BCUT2D eigenvalue weighted by atomic mass is 16.5. The summed E-state index contributed by atoms with van der Waals surface area (Å²) in [5.41, 5.74) is 1.20. The van der Waals surface area contributed by atoms with Crippen LogP contribution in [0.5, 0.6) is 5.75 Å². The van der Waals surface area contributed by atoms with Crippen molar-refractivity contribution in [3.63, 3.8) is 0 Å². The number of likely N-dealkylation sites (N-methyl/N-ethyl adjacent to an activating group) is 2. The van der Waals surface area contributed by atoms with E-state index in [1.165, 1.54) is 5.56 Å². The summed E-state index contributed by atoms with van der Waals surface area (Å²) in [5.74, 6) is 0.965. The molecular weight excluding hydrogens is 236 g/mol. The number of benzene rings is 1. The van der Waals surface area contributed by atoms with Gasteiger partial charge in [0.2, 0.25) is 0 Å². The summed E-state index contributed by atoms with van der Waals surface area (Å²) in [6, 6.07) is 8.49. The van der Waals surface area contributed by atoms with Crippen molar-refractivity contribution in [2.75, 3.05) is 21.1 Å². The van der Waals surface area contributed by atoms with Crippen molar-refractivity contribution in [2.45, 2.75) is 45.4 Å². The first-order valence-electron chi connectivity index (χ1n) is 6.91. The maximum absolute atomic E-state index is 5.94. The molecule has 0 bridgehead atoms. The van der Waals surface area contributed by atoms with Gasteiger partial charge in [0.25, 0.3) is 0 Å². The summed E-state index contributed by atoms with van der Waals surface area (Å²) < 4.78 is 5.94. The Morgan fingerprint density at radius 2 is 1.74 bits per heavy atom. The number of nitrogens with one attached hydrogen (secondary N) is 1. The number of ether oxygens (including phenoxy) is 1. The molecule has 0 saturated heterocycles. The lowest BCUT2D eigenvalue weighted by atomic mass is 9.87. The molecule has 0 aliphatic rings. The van der Waals surface area contributed by atoms with Crippen LogP contribution < -0.4 is 10.1 Å². The molecule has 1 N–H and O–H groups in total. The fraction of sp³-hybridized carbons (Fsp3) is 0.625. The van der Waals surface area contributed by atoms with Crippen LogP contribution in [-0.2, 0) is 0 Å². The van der Waals surface area contributed by atoms with E-state index in [2.05, 4.69) is 64.1 Å². The molecule has 0 spiro atoms. The van der Waals surface area contributed by atoms with E-state index >= 15 is 0 Å². The molecule has 0 radical (unpaired) electrons. The molecule has 1 unspecified atom stereocenters. The zero-order valence-electron chi connectivity index (χ0n) is 13.3. The van der Waals surface area contributed by atoms with Crippen LogP contribution in [0.1, 0.15) is 39.3 Å². The van der Waals surface area contributed by atoms with E-state index in [0.717, 1.165) is 5.75 Å². The monoisotopic (exact) mass is 264 g/mol. The molecule has 1 aromatic carbocycles. The van der Waals surface area contributed by atoms with Crippen LogP contribution in [0.2, 0.25) is 0 Å². The molecule has 0 amide bonds. The number of nitrogens with zero attached hydrogens (tertiary/aromatic N) is 1. The van der Waals surface area contributed by atoms with Crippen molar-refractivity contribution in [3.05, 3.63) is 29.8 Å². The van der Waals surface area contributed by atoms with Gasteiger partial charge in [-0.2, -0.15) is 0 Å². The van der Waals surface area contributed by atoms with Gasteiger partial charge < -0.3 is 15.0 Å². The first-order chi connectivity index (χ1) is 8.80. The molecule has 0 aliphatic carbocycles. The Morgan fingerprint density at radius 1 is 1.16 bits per heavy atom. The van der Waals surface area contributed by atoms with Gasteiger partial charge in [0.05, 0.1) is 12.1 Å². The van der Waals surface area contributed by atoms with Crippen molar-refractivity contribution < 1.29 is 4.74 Å². The van der Waals surface area contributed by atoms with Gasteiger partial charge in [-0.1, -0.05) is 18.2 Å². The van der Waals surface area contributed by atoms with Gasteiger partial charge in [0.15, 0.2) is 0 Å². The highest BCUT2D eigenvalue weighted by Crippen LogP contribution is 2.34. The van der Waals surface area contributed by atoms with Crippen molar-refractivity contribution in [1.82, 2.24) is 10.2 Å². The molecule has 3 nitrogen and oxygen atoms in total. The van der Waals surface area contributed by atoms with E-state index < -0.39 is 0 Å². The van der Waals surface area contributed by atoms with Crippen LogP contribution in [0.4, 0.5) is 0 Å². The van der Waals surface area contributed by atoms with E-state index in [9.17, 15) is 0 Å². The molecule has 108 valence electrons. The fourth-order valence-electron chi connectivity index (χ4n) is 2.23. The fourth-order valence-corrected chi connectivity index (χ4v) is 2.23. The number of hydrogen-bond acceptors (Lipinski definition) is 3. The highest BCUT2D eigenvalue weighted by molar-refractivity contribution is 5.38. The second kappa shape index (κ2) is 6.40. The van der Waals surface area contributed by atoms with Gasteiger partial charge in [0, 0.05) is 11.1 Å². The molecule has 1 aromatic rings. The largest absolute Gasteiger partial charge is 0.491 e. The minimum Gasteiger partial charge on any atom is -0.491 e. The van der Waals surface area contributed by atoms with Gasteiger partial charge in [-0.3, -0.25) is 0 Å². The number of para-hydroxylation sites is 1. The van der Waals surface area contributed by atoms with Crippen LogP contribution in [0.25, 0.3) is 0 Å². The Bertz CT molecular complexity index is 399. The van der Waals surface area contributed by atoms with Crippen molar-refractivity contribution in [3.8, 4) is 5.75 Å². The third-order valence-electron chi connectivity index (χ3n) is 3.74. The first kappa shape index (κ1) is 16.0. The lowest BCUT2D eigenvalue weighted by Crippen LogP contribution is -2.48. The zero-order chi connectivity index (χ0) is 14.6. The molecular formula is C16H28N2O. The Morgan fingerprint density at radius 3 is 2.21 bits per heavy atom. The third kappa shape index (κ3) is 3.71. The minimum absolute atomic E-state index is 0.00874. The maximum atomic E-state index is 5.94. The molecule has 0 fully saturated rings.